The zero-order chi connectivity index (χ0) is 15.4. The monoisotopic (exact) mass is 293 g/mol. The van der Waals surface area contributed by atoms with Crippen LogP contribution in [0.5, 0.6) is 0 Å². The molecule has 0 atom stereocenters. The minimum atomic E-state index is -0.195. The highest BCUT2D eigenvalue weighted by Crippen LogP contribution is 2.21. The van der Waals surface area contributed by atoms with Crippen molar-refractivity contribution in [1.82, 2.24) is 14.9 Å². The van der Waals surface area contributed by atoms with E-state index in [-0.39, 0.29) is 12.5 Å². The molecule has 7 heteroatoms. The molecule has 2 rings (SSSR count). The van der Waals surface area contributed by atoms with E-state index in [1.165, 1.54) is 7.11 Å². The number of aryl methyl sites for hydroxylation is 2. The predicted octanol–water partition coefficient (Wildman–Crippen LogP) is 0.430. The second-order valence-electron chi connectivity index (χ2n) is 5.34. The van der Waals surface area contributed by atoms with E-state index in [2.05, 4.69) is 32.1 Å². The molecule has 1 N–H and O–H groups in total. The van der Waals surface area contributed by atoms with E-state index in [9.17, 15) is 4.79 Å². The Labute approximate surface area is 125 Å². The summed E-state index contributed by atoms with van der Waals surface area (Å²) >= 11 is 0. The van der Waals surface area contributed by atoms with Gasteiger partial charge < -0.3 is 19.9 Å². The second-order valence-corrected chi connectivity index (χ2v) is 5.34. The lowest BCUT2D eigenvalue weighted by Gasteiger charge is -2.32. The van der Waals surface area contributed by atoms with Crippen LogP contribution in [0.15, 0.2) is 0 Å². The smallest absolute Gasteiger partial charge is 0.250 e. The van der Waals surface area contributed by atoms with E-state index in [1.54, 1.807) is 0 Å². The van der Waals surface area contributed by atoms with Gasteiger partial charge in [0.1, 0.15) is 6.61 Å². The van der Waals surface area contributed by atoms with Crippen molar-refractivity contribution >= 4 is 17.5 Å². The van der Waals surface area contributed by atoms with Gasteiger partial charge in [-0.3, -0.25) is 4.79 Å². The molecule has 21 heavy (non-hydrogen) atoms. The fourth-order valence-corrected chi connectivity index (χ4v) is 2.33. The molecule has 1 amide bonds. The van der Waals surface area contributed by atoms with Crippen molar-refractivity contribution in [3.63, 3.8) is 0 Å². The normalized spacial score (nSPS) is 16.1. The second kappa shape index (κ2) is 6.82. The van der Waals surface area contributed by atoms with Gasteiger partial charge in [0.2, 0.25) is 11.9 Å². The molecule has 0 aliphatic carbocycles. The summed E-state index contributed by atoms with van der Waals surface area (Å²) in [6.07, 6.45) is 0. The van der Waals surface area contributed by atoms with Crippen LogP contribution in [0.3, 0.4) is 0 Å². The van der Waals surface area contributed by atoms with Crippen molar-refractivity contribution in [2.24, 2.45) is 0 Å². The highest BCUT2D eigenvalue weighted by atomic mass is 16.5. The van der Waals surface area contributed by atoms with Crippen molar-refractivity contribution < 1.29 is 9.53 Å². The Morgan fingerprint density at radius 3 is 2.29 bits per heavy atom. The molecule has 0 unspecified atom stereocenters. The van der Waals surface area contributed by atoms with Crippen molar-refractivity contribution in [3.8, 4) is 0 Å². The van der Waals surface area contributed by atoms with Crippen LogP contribution in [-0.2, 0) is 9.53 Å². The molecule has 1 fully saturated rings. The number of rotatable bonds is 4. The molecule has 1 aromatic rings. The van der Waals surface area contributed by atoms with Gasteiger partial charge in [-0.05, 0) is 20.9 Å². The van der Waals surface area contributed by atoms with Crippen LogP contribution in [-0.4, -0.2) is 67.7 Å². The Hall–Kier alpha value is -1.73. The van der Waals surface area contributed by atoms with E-state index in [0.717, 1.165) is 43.5 Å². The van der Waals surface area contributed by atoms with Crippen molar-refractivity contribution in [3.05, 3.63) is 11.4 Å². The summed E-state index contributed by atoms with van der Waals surface area (Å²) < 4.78 is 4.82. The van der Waals surface area contributed by atoms with Crippen LogP contribution in [0.1, 0.15) is 11.4 Å². The predicted molar refractivity (Wildman–Crippen MR) is 81.7 cm³/mol. The topological polar surface area (TPSA) is 70.6 Å². The van der Waals surface area contributed by atoms with Gasteiger partial charge in [0.25, 0.3) is 0 Å². The highest BCUT2D eigenvalue weighted by Gasteiger charge is 2.19. The highest BCUT2D eigenvalue weighted by molar-refractivity contribution is 5.92. The van der Waals surface area contributed by atoms with E-state index in [4.69, 9.17) is 4.74 Å². The summed E-state index contributed by atoms with van der Waals surface area (Å²) in [6.45, 7) is 7.66. The Morgan fingerprint density at radius 2 is 1.76 bits per heavy atom. The van der Waals surface area contributed by atoms with Gasteiger partial charge in [-0.2, -0.15) is 0 Å². The van der Waals surface area contributed by atoms with E-state index < -0.39 is 0 Å². The number of hydrogen-bond acceptors (Lipinski definition) is 6. The lowest BCUT2D eigenvalue weighted by atomic mass is 10.2. The van der Waals surface area contributed by atoms with Crippen LogP contribution >= 0.6 is 0 Å². The molecular weight excluding hydrogens is 270 g/mol. The van der Waals surface area contributed by atoms with Gasteiger partial charge in [-0.1, -0.05) is 0 Å². The number of carbonyl (C=O) groups is 1. The van der Waals surface area contributed by atoms with Crippen molar-refractivity contribution in [1.29, 1.82) is 0 Å². The first-order chi connectivity index (χ1) is 10.0. The molecule has 0 saturated carbocycles. The number of piperazine rings is 1. The summed E-state index contributed by atoms with van der Waals surface area (Å²) in [4.78, 5) is 25.2. The zero-order valence-corrected chi connectivity index (χ0v) is 13.1. The fourth-order valence-electron chi connectivity index (χ4n) is 2.33. The van der Waals surface area contributed by atoms with Crippen LogP contribution < -0.4 is 10.2 Å². The fraction of sp³-hybridized carbons (Fsp3) is 0.643. The summed E-state index contributed by atoms with van der Waals surface area (Å²) in [6, 6.07) is 0. The standard InChI is InChI=1S/C14H23N5O2/c1-10-13(17-12(20)9-21-4)11(2)16-14(15-10)19-7-5-18(3)6-8-19/h5-9H2,1-4H3,(H,17,20). The summed E-state index contributed by atoms with van der Waals surface area (Å²) in [7, 11) is 3.61. The maximum Gasteiger partial charge on any atom is 0.250 e. The number of hydrogen-bond donors (Lipinski definition) is 1. The lowest BCUT2D eigenvalue weighted by molar-refractivity contribution is -0.119. The van der Waals surface area contributed by atoms with Gasteiger partial charge in [0, 0.05) is 33.3 Å². The van der Waals surface area contributed by atoms with Gasteiger partial charge in [-0.15, -0.1) is 0 Å². The van der Waals surface area contributed by atoms with Crippen LogP contribution in [0.4, 0.5) is 11.6 Å². The first-order valence-corrected chi connectivity index (χ1v) is 7.08. The largest absolute Gasteiger partial charge is 0.375 e. The Kier molecular flexibility index (Phi) is 5.08. The number of amides is 1. The number of ether oxygens (including phenoxy) is 1. The van der Waals surface area contributed by atoms with Crippen molar-refractivity contribution in [2.75, 3.05) is 57.2 Å². The number of carbonyl (C=O) groups excluding carboxylic acids is 1. The summed E-state index contributed by atoms with van der Waals surface area (Å²) in [5.74, 6) is 0.544. The number of likely N-dealkylation sites (N-methyl/N-ethyl adjacent to an activating group) is 1. The molecule has 0 bridgehead atoms. The molecule has 116 valence electrons. The molecule has 2 heterocycles. The molecule has 7 nitrogen and oxygen atoms in total. The number of aromatic nitrogens is 2. The number of nitrogens with zero attached hydrogens (tertiary/aromatic N) is 4. The van der Waals surface area contributed by atoms with Gasteiger partial charge in [-0.25, -0.2) is 9.97 Å². The average Bonchev–Trinajstić information content (AvgIpc) is 2.44. The van der Waals surface area contributed by atoms with Crippen LogP contribution in [0, 0.1) is 13.8 Å². The van der Waals surface area contributed by atoms with Crippen LogP contribution in [0.2, 0.25) is 0 Å². The number of anilines is 2. The van der Waals surface area contributed by atoms with Gasteiger partial charge in [0.05, 0.1) is 17.1 Å². The average molecular weight is 293 g/mol. The molecule has 1 aliphatic heterocycles. The quantitative estimate of drug-likeness (QED) is 0.868. The molecule has 0 spiro atoms. The molecule has 1 aliphatic rings. The summed E-state index contributed by atoms with van der Waals surface area (Å²) in [5.41, 5.74) is 2.23. The van der Waals surface area contributed by atoms with Crippen molar-refractivity contribution in [2.45, 2.75) is 13.8 Å². The molecule has 0 radical (unpaired) electrons. The third-order valence-corrected chi connectivity index (χ3v) is 3.58. The first kappa shape index (κ1) is 15.7. The van der Waals surface area contributed by atoms with Crippen LogP contribution in [0.25, 0.3) is 0 Å². The maximum absolute atomic E-state index is 11.6. The zero-order valence-electron chi connectivity index (χ0n) is 13.1. The van der Waals surface area contributed by atoms with Gasteiger partial charge in [0.15, 0.2) is 0 Å². The van der Waals surface area contributed by atoms with E-state index >= 15 is 0 Å². The number of nitrogens with one attached hydrogen (secondary N) is 1. The first-order valence-electron chi connectivity index (χ1n) is 7.08. The number of methoxy groups -OCH3 is 1. The minimum absolute atomic E-state index is 0.0269. The SMILES string of the molecule is COCC(=O)Nc1c(C)nc(N2CCN(C)CC2)nc1C. The lowest BCUT2D eigenvalue weighted by Crippen LogP contribution is -2.45. The molecule has 1 aromatic heterocycles. The minimum Gasteiger partial charge on any atom is -0.375 e. The van der Waals surface area contributed by atoms with E-state index in [1.807, 2.05) is 13.8 Å². The Balaban J connectivity index is 2.15. The van der Waals surface area contributed by atoms with E-state index in [0.29, 0.717) is 5.69 Å². The molecular formula is C14H23N5O2. The molecule has 1 saturated heterocycles. The third kappa shape index (κ3) is 3.89. The van der Waals surface area contributed by atoms with Gasteiger partial charge >= 0.3 is 0 Å². The Bertz CT molecular complexity index is 489. The maximum atomic E-state index is 11.6. The summed E-state index contributed by atoms with van der Waals surface area (Å²) in [5, 5.41) is 2.80. The molecule has 0 aromatic carbocycles. The Morgan fingerprint density at radius 1 is 1.19 bits per heavy atom. The third-order valence-electron chi connectivity index (χ3n) is 3.58.